The summed E-state index contributed by atoms with van der Waals surface area (Å²) in [4.78, 5) is 33.1. The van der Waals surface area contributed by atoms with Gasteiger partial charge in [0.15, 0.2) is 16.3 Å². The monoisotopic (exact) mass is 580 g/mol. The van der Waals surface area contributed by atoms with Crippen molar-refractivity contribution in [1.29, 1.82) is 0 Å². The van der Waals surface area contributed by atoms with Crippen molar-refractivity contribution >= 4 is 29.1 Å². The van der Waals surface area contributed by atoms with Crippen LogP contribution in [0, 0.1) is 12.3 Å². The summed E-state index contributed by atoms with van der Waals surface area (Å²) in [5.41, 5.74) is 2.50. The number of nitrogens with zero attached hydrogens (tertiary/aromatic N) is 2. The molecule has 8 nitrogen and oxygen atoms in total. The maximum Gasteiger partial charge on any atom is 0.338 e. The van der Waals surface area contributed by atoms with Gasteiger partial charge in [-0.1, -0.05) is 65.8 Å². The molecule has 5 rings (SSSR count). The van der Waals surface area contributed by atoms with Crippen molar-refractivity contribution in [2.45, 2.75) is 13.0 Å². The van der Waals surface area contributed by atoms with Crippen molar-refractivity contribution in [1.82, 2.24) is 4.57 Å². The number of rotatable bonds is 9. The first-order valence-corrected chi connectivity index (χ1v) is 14.0. The fourth-order valence-corrected chi connectivity index (χ4v) is 5.75. The van der Waals surface area contributed by atoms with Gasteiger partial charge in [0.1, 0.15) is 12.4 Å². The normalized spacial score (nSPS) is 14.4. The lowest BCUT2D eigenvalue weighted by Gasteiger charge is -2.26. The van der Waals surface area contributed by atoms with Crippen LogP contribution in [-0.4, -0.2) is 38.0 Å². The Bertz CT molecular complexity index is 1880. The highest BCUT2D eigenvalue weighted by molar-refractivity contribution is 7.07. The summed E-state index contributed by atoms with van der Waals surface area (Å²) in [5.74, 6) is 3.46. The summed E-state index contributed by atoms with van der Waals surface area (Å²) < 4.78 is 24.1. The minimum absolute atomic E-state index is 0.135. The van der Waals surface area contributed by atoms with E-state index in [0.29, 0.717) is 37.8 Å². The maximum atomic E-state index is 14.1. The fourth-order valence-electron chi connectivity index (χ4n) is 4.75. The van der Waals surface area contributed by atoms with Gasteiger partial charge in [-0.3, -0.25) is 9.36 Å². The summed E-state index contributed by atoms with van der Waals surface area (Å²) >= 11 is 1.23. The second-order valence-electron chi connectivity index (χ2n) is 9.11. The maximum absolute atomic E-state index is 14.1. The molecule has 0 radical (unpaired) electrons. The largest absolute Gasteiger partial charge is 0.493 e. The van der Waals surface area contributed by atoms with Crippen molar-refractivity contribution in [3.8, 4) is 29.6 Å². The Balaban J connectivity index is 1.79. The lowest BCUT2D eigenvalue weighted by Crippen LogP contribution is -2.40. The predicted molar refractivity (Wildman–Crippen MR) is 161 cm³/mol. The number of benzene rings is 3. The van der Waals surface area contributed by atoms with E-state index in [-0.39, 0.29) is 24.3 Å². The number of hydrogen-bond donors (Lipinski definition) is 0. The topological polar surface area (TPSA) is 88.3 Å². The van der Waals surface area contributed by atoms with Gasteiger partial charge in [0.05, 0.1) is 42.7 Å². The van der Waals surface area contributed by atoms with Crippen molar-refractivity contribution in [2.24, 2.45) is 4.99 Å². The van der Waals surface area contributed by atoms with Crippen LogP contribution >= 0.6 is 11.3 Å². The Morgan fingerprint density at radius 1 is 1.05 bits per heavy atom. The van der Waals surface area contributed by atoms with Crippen LogP contribution < -0.4 is 29.1 Å². The molecule has 9 heteroatoms. The van der Waals surface area contributed by atoms with Gasteiger partial charge in [0, 0.05) is 5.56 Å². The number of carbonyl (C=O) groups is 1. The SMILES string of the molecule is C#CCOc1cccc(/C=c2\sc3n(c2=O)[C@@H](c2ccc(OC)c(OC)c2)C(C(=O)OCC)=C(c2ccccc2)N=3)c1. The standard InChI is InChI=1S/C33H28N2O6S/c1-5-17-41-24-14-10-11-21(18-24)19-27-31(36)35-30(23-15-16-25(38-3)26(20-23)39-4)28(32(37)40-6-2)29(34-33(35)42-27)22-12-8-7-9-13-22/h1,7-16,18-20,30H,6,17H2,2-4H3/b27-19-/t30-/m0/s1. The molecule has 0 saturated carbocycles. The Labute approximate surface area is 246 Å². The average Bonchev–Trinajstić information content (AvgIpc) is 3.33. The Hall–Kier alpha value is -5.07. The van der Waals surface area contributed by atoms with Crippen LogP contribution in [-0.2, 0) is 9.53 Å². The van der Waals surface area contributed by atoms with Gasteiger partial charge >= 0.3 is 5.97 Å². The molecular formula is C33H28N2O6S. The van der Waals surface area contributed by atoms with Crippen LogP contribution in [0.1, 0.15) is 29.7 Å². The number of ether oxygens (including phenoxy) is 4. The van der Waals surface area contributed by atoms with Crippen LogP contribution in [0.2, 0.25) is 0 Å². The fraction of sp³-hybridized carbons (Fsp3) is 0.182. The molecule has 0 aliphatic carbocycles. The highest BCUT2D eigenvalue weighted by Gasteiger charge is 2.35. The van der Waals surface area contributed by atoms with E-state index >= 15 is 0 Å². The minimum Gasteiger partial charge on any atom is -0.493 e. The first kappa shape index (κ1) is 28.5. The molecule has 0 saturated heterocycles. The average molecular weight is 581 g/mol. The van der Waals surface area contributed by atoms with Gasteiger partial charge in [-0.15, -0.1) is 6.42 Å². The molecule has 1 aliphatic rings. The second-order valence-corrected chi connectivity index (χ2v) is 10.1. The van der Waals surface area contributed by atoms with E-state index in [1.807, 2.05) is 48.5 Å². The predicted octanol–water partition coefficient (Wildman–Crippen LogP) is 3.96. The number of carbonyl (C=O) groups excluding carboxylic acids is 1. The summed E-state index contributed by atoms with van der Waals surface area (Å²) in [6.45, 7) is 2.03. The molecule has 2 heterocycles. The van der Waals surface area contributed by atoms with Crippen molar-refractivity contribution in [3.05, 3.63) is 115 Å². The molecule has 0 N–H and O–H groups in total. The van der Waals surface area contributed by atoms with E-state index in [4.69, 9.17) is 30.4 Å². The van der Waals surface area contributed by atoms with Crippen LogP contribution in [0.5, 0.6) is 17.2 Å². The number of thiazole rings is 1. The van der Waals surface area contributed by atoms with E-state index < -0.39 is 12.0 Å². The highest BCUT2D eigenvalue weighted by atomic mass is 32.1. The van der Waals surface area contributed by atoms with Gasteiger partial charge in [-0.05, 0) is 48.4 Å². The third-order valence-corrected chi connectivity index (χ3v) is 7.56. The molecule has 42 heavy (non-hydrogen) atoms. The molecule has 1 atom stereocenters. The molecular weight excluding hydrogens is 552 g/mol. The number of terminal acetylenes is 1. The zero-order chi connectivity index (χ0) is 29.6. The molecule has 1 aromatic heterocycles. The van der Waals surface area contributed by atoms with E-state index in [0.717, 1.165) is 11.1 Å². The molecule has 212 valence electrons. The van der Waals surface area contributed by atoms with E-state index in [2.05, 4.69) is 5.92 Å². The van der Waals surface area contributed by atoms with Gasteiger partial charge in [0.2, 0.25) is 0 Å². The van der Waals surface area contributed by atoms with Gasteiger partial charge in [-0.2, -0.15) is 0 Å². The lowest BCUT2D eigenvalue weighted by molar-refractivity contribution is -0.138. The lowest BCUT2D eigenvalue weighted by atomic mass is 9.93. The first-order valence-electron chi connectivity index (χ1n) is 13.2. The second kappa shape index (κ2) is 12.6. The number of esters is 1. The molecule has 0 fully saturated rings. The molecule has 0 unspecified atom stereocenters. The van der Waals surface area contributed by atoms with Gasteiger partial charge in [-0.25, -0.2) is 9.79 Å². The van der Waals surface area contributed by atoms with Gasteiger partial charge in [0.25, 0.3) is 5.56 Å². The zero-order valence-electron chi connectivity index (χ0n) is 23.3. The molecule has 4 aromatic rings. The third-order valence-electron chi connectivity index (χ3n) is 6.58. The Morgan fingerprint density at radius 2 is 1.83 bits per heavy atom. The highest BCUT2D eigenvalue weighted by Crippen LogP contribution is 2.38. The summed E-state index contributed by atoms with van der Waals surface area (Å²) in [6, 6.07) is 21.2. The smallest absolute Gasteiger partial charge is 0.338 e. The summed E-state index contributed by atoms with van der Waals surface area (Å²) in [5, 5.41) is 0. The van der Waals surface area contributed by atoms with E-state index in [1.165, 1.54) is 23.0 Å². The van der Waals surface area contributed by atoms with E-state index in [1.54, 1.807) is 44.4 Å². The number of hydrogen-bond acceptors (Lipinski definition) is 8. The summed E-state index contributed by atoms with van der Waals surface area (Å²) in [6.07, 6.45) is 7.10. The first-order chi connectivity index (χ1) is 20.5. The molecule has 0 spiro atoms. The van der Waals surface area contributed by atoms with Crippen molar-refractivity contribution < 1.29 is 23.7 Å². The van der Waals surface area contributed by atoms with Crippen molar-refractivity contribution in [2.75, 3.05) is 27.4 Å². The van der Waals surface area contributed by atoms with Crippen LogP contribution in [0.4, 0.5) is 0 Å². The van der Waals surface area contributed by atoms with Crippen LogP contribution in [0.25, 0.3) is 11.8 Å². The number of fused-ring (bicyclic) bond motifs is 1. The van der Waals surface area contributed by atoms with E-state index in [9.17, 15) is 9.59 Å². The number of methoxy groups -OCH3 is 2. The van der Waals surface area contributed by atoms with Crippen LogP contribution in [0.3, 0.4) is 0 Å². The summed E-state index contributed by atoms with van der Waals surface area (Å²) in [7, 11) is 3.08. The zero-order valence-corrected chi connectivity index (χ0v) is 24.1. The molecule has 3 aromatic carbocycles. The van der Waals surface area contributed by atoms with Gasteiger partial charge < -0.3 is 18.9 Å². The van der Waals surface area contributed by atoms with Crippen molar-refractivity contribution in [3.63, 3.8) is 0 Å². The number of aromatic nitrogens is 1. The molecule has 1 aliphatic heterocycles. The third kappa shape index (κ3) is 5.57. The Kier molecular flexibility index (Phi) is 8.55. The molecule has 0 bridgehead atoms. The molecule has 0 amide bonds. The van der Waals surface area contributed by atoms with Crippen LogP contribution in [0.15, 0.2) is 88.2 Å². The minimum atomic E-state index is -0.845. The Morgan fingerprint density at radius 3 is 2.55 bits per heavy atom. The quantitative estimate of drug-likeness (QED) is 0.220.